The SMILES string of the molecule is COc1ccccc1[C@@H]1CC(c2ccc(F)cc2)=NN1C(=O)CN(CCN1CCOCC1)C(=O)CC(C)(C)C. The van der Waals surface area contributed by atoms with E-state index in [1.807, 2.05) is 45.0 Å². The number of hydrazone groups is 1. The minimum atomic E-state index is -0.410. The average Bonchev–Trinajstić information content (AvgIpc) is 3.36. The molecule has 2 aliphatic heterocycles. The molecule has 0 aromatic heterocycles. The van der Waals surface area contributed by atoms with E-state index in [0.29, 0.717) is 50.6 Å². The Morgan fingerprint density at radius 1 is 1.10 bits per heavy atom. The second-order valence-corrected chi connectivity index (χ2v) is 11.3. The summed E-state index contributed by atoms with van der Waals surface area (Å²) in [5.41, 5.74) is 2.05. The molecule has 1 fully saturated rings. The minimum absolute atomic E-state index is 0.0557. The van der Waals surface area contributed by atoms with E-state index < -0.39 is 6.04 Å². The normalized spacial score (nSPS) is 18.1. The molecule has 1 saturated heterocycles. The predicted molar refractivity (Wildman–Crippen MR) is 148 cm³/mol. The van der Waals surface area contributed by atoms with Crippen LogP contribution in [0.2, 0.25) is 0 Å². The van der Waals surface area contributed by atoms with Crippen molar-refractivity contribution in [3.8, 4) is 5.75 Å². The molecule has 39 heavy (non-hydrogen) atoms. The highest BCUT2D eigenvalue weighted by molar-refractivity contribution is 6.03. The van der Waals surface area contributed by atoms with E-state index in [0.717, 1.165) is 24.2 Å². The molecule has 4 rings (SSSR count). The fraction of sp³-hybridized carbons (Fsp3) is 0.500. The van der Waals surface area contributed by atoms with Gasteiger partial charge in [0.15, 0.2) is 0 Å². The van der Waals surface area contributed by atoms with E-state index in [4.69, 9.17) is 14.6 Å². The lowest BCUT2D eigenvalue weighted by molar-refractivity contribution is -0.142. The van der Waals surface area contributed by atoms with Crippen molar-refractivity contribution in [3.63, 3.8) is 0 Å². The van der Waals surface area contributed by atoms with Gasteiger partial charge in [0.05, 0.1) is 32.1 Å². The molecule has 0 bridgehead atoms. The van der Waals surface area contributed by atoms with Crippen LogP contribution in [0.25, 0.3) is 0 Å². The second kappa shape index (κ2) is 12.7. The Labute approximate surface area is 230 Å². The number of hydrogen-bond donors (Lipinski definition) is 0. The van der Waals surface area contributed by atoms with Gasteiger partial charge in [0, 0.05) is 44.6 Å². The van der Waals surface area contributed by atoms with Crippen LogP contribution in [0.4, 0.5) is 4.39 Å². The number of carbonyl (C=O) groups is 2. The minimum Gasteiger partial charge on any atom is -0.496 e. The molecule has 0 aliphatic carbocycles. The number of methoxy groups -OCH3 is 1. The summed E-state index contributed by atoms with van der Waals surface area (Å²) in [6.45, 7) is 10.1. The standard InChI is InChI=1S/C30H39FN4O4/c1-30(2,3)20-28(36)34(14-13-33-15-17-39-18-16-33)21-29(37)35-26(24-7-5-6-8-27(24)38-4)19-25(32-35)22-9-11-23(31)12-10-22/h5-12,26H,13-21H2,1-4H3/t26-/m0/s1. The third kappa shape index (κ3) is 7.64. The van der Waals surface area contributed by atoms with Crippen LogP contribution >= 0.6 is 0 Å². The quantitative estimate of drug-likeness (QED) is 0.481. The Bertz CT molecular complexity index is 1170. The first kappa shape index (κ1) is 28.7. The van der Waals surface area contributed by atoms with Gasteiger partial charge in [0.25, 0.3) is 5.91 Å². The van der Waals surface area contributed by atoms with Crippen molar-refractivity contribution < 1.29 is 23.5 Å². The molecule has 9 heteroatoms. The van der Waals surface area contributed by atoms with E-state index in [-0.39, 0.29) is 29.6 Å². The molecule has 210 valence electrons. The summed E-state index contributed by atoms with van der Waals surface area (Å²) >= 11 is 0. The molecule has 0 spiro atoms. The lowest BCUT2D eigenvalue weighted by Crippen LogP contribution is -2.47. The number of amides is 2. The maximum absolute atomic E-state index is 13.9. The smallest absolute Gasteiger partial charge is 0.262 e. The van der Waals surface area contributed by atoms with Crippen molar-refractivity contribution >= 4 is 17.5 Å². The molecule has 2 heterocycles. The van der Waals surface area contributed by atoms with Crippen molar-refractivity contribution in [1.29, 1.82) is 0 Å². The Kier molecular flexibility index (Phi) is 9.35. The molecule has 2 aromatic rings. The van der Waals surface area contributed by atoms with E-state index in [9.17, 15) is 14.0 Å². The van der Waals surface area contributed by atoms with Gasteiger partial charge in [0.2, 0.25) is 5.91 Å². The summed E-state index contributed by atoms with van der Waals surface area (Å²) in [7, 11) is 1.60. The average molecular weight is 539 g/mol. The van der Waals surface area contributed by atoms with E-state index in [1.165, 1.54) is 17.1 Å². The Balaban J connectivity index is 1.59. The first-order valence-corrected chi connectivity index (χ1v) is 13.5. The van der Waals surface area contributed by atoms with Crippen LogP contribution in [-0.4, -0.2) is 85.4 Å². The number of hydrogen-bond acceptors (Lipinski definition) is 6. The zero-order valence-electron chi connectivity index (χ0n) is 23.4. The summed E-state index contributed by atoms with van der Waals surface area (Å²) in [4.78, 5) is 31.2. The number of morpholine rings is 1. The molecule has 2 aromatic carbocycles. The van der Waals surface area contributed by atoms with Crippen LogP contribution in [0.3, 0.4) is 0 Å². The Morgan fingerprint density at radius 3 is 2.46 bits per heavy atom. The van der Waals surface area contributed by atoms with Crippen molar-refractivity contribution in [3.05, 3.63) is 65.5 Å². The fourth-order valence-corrected chi connectivity index (χ4v) is 4.92. The monoisotopic (exact) mass is 538 g/mol. The molecule has 8 nitrogen and oxygen atoms in total. The van der Waals surface area contributed by atoms with Crippen LogP contribution in [-0.2, 0) is 14.3 Å². The van der Waals surface area contributed by atoms with Crippen molar-refractivity contribution in [1.82, 2.24) is 14.8 Å². The highest BCUT2D eigenvalue weighted by Gasteiger charge is 2.36. The zero-order chi connectivity index (χ0) is 28.0. The highest BCUT2D eigenvalue weighted by Crippen LogP contribution is 2.37. The van der Waals surface area contributed by atoms with Crippen molar-refractivity contribution in [2.24, 2.45) is 10.5 Å². The molecule has 0 radical (unpaired) electrons. The summed E-state index contributed by atoms with van der Waals surface area (Å²) in [6, 6.07) is 13.3. The van der Waals surface area contributed by atoms with Gasteiger partial charge in [-0.15, -0.1) is 0 Å². The molecule has 0 N–H and O–H groups in total. The van der Waals surface area contributed by atoms with Gasteiger partial charge >= 0.3 is 0 Å². The fourth-order valence-electron chi connectivity index (χ4n) is 4.92. The third-order valence-corrected chi connectivity index (χ3v) is 6.99. The molecule has 1 atom stereocenters. The number of para-hydroxylation sites is 1. The first-order chi connectivity index (χ1) is 18.6. The molecule has 0 unspecified atom stereocenters. The van der Waals surface area contributed by atoms with Crippen molar-refractivity contribution in [2.45, 2.75) is 39.7 Å². The number of halogens is 1. The number of ether oxygens (including phenoxy) is 2. The molecule has 2 aliphatic rings. The maximum Gasteiger partial charge on any atom is 0.262 e. The molecule has 2 amide bonds. The van der Waals surface area contributed by atoms with Crippen LogP contribution in [0.1, 0.15) is 50.8 Å². The van der Waals surface area contributed by atoms with Gasteiger partial charge in [-0.2, -0.15) is 5.10 Å². The van der Waals surface area contributed by atoms with Gasteiger partial charge in [0.1, 0.15) is 18.1 Å². The van der Waals surface area contributed by atoms with Gasteiger partial charge in [-0.1, -0.05) is 51.1 Å². The topological polar surface area (TPSA) is 74.7 Å². The van der Waals surface area contributed by atoms with Gasteiger partial charge in [-0.3, -0.25) is 14.5 Å². The van der Waals surface area contributed by atoms with Crippen LogP contribution in [0.5, 0.6) is 5.75 Å². The molecule has 0 saturated carbocycles. The largest absolute Gasteiger partial charge is 0.496 e. The number of nitrogens with zero attached hydrogens (tertiary/aromatic N) is 4. The molecular formula is C30H39FN4O4. The molecular weight excluding hydrogens is 499 g/mol. The van der Waals surface area contributed by atoms with Gasteiger partial charge in [-0.05, 0) is 29.2 Å². The lowest BCUT2D eigenvalue weighted by atomic mass is 9.91. The van der Waals surface area contributed by atoms with Gasteiger partial charge in [-0.25, -0.2) is 9.40 Å². The van der Waals surface area contributed by atoms with E-state index >= 15 is 0 Å². The summed E-state index contributed by atoms with van der Waals surface area (Å²) < 4.78 is 24.6. The third-order valence-electron chi connectivity index (χ3n) is 6.99. The van der Waals surface area contributed by atoms with E-state index in [2.05, 4.69) is 4.90 Å². The Morgan fingerprint density at radius 2 is 1.79 bits per heavy atom. The maximum atomic E-state index is 13.9. The highest BCUT2D eigenvalue weighted by atomic mass is 19.1. The lowest BCUT2D eigenvalue weighted by Gasteiger charge is -2.32. The number of carbonyl (C=O) groups excluding carboxylic acids is 2. The zero-order valence-corrected chi connectivity index (χ0v) is 23.4. The summed E-state index contributed by atoms with van der Waals surface area (Å²) in [6.07, 6.45) is 0.783. The van der Waals surface area contributed by atoms with Crippen LogP contribution in [0.15, 0.2) is 53.6 Å². The van der Waals surface area contributed by atoms with E-state index in [1.54, 1.807) is 24.1 Å². The van der Waals surface area contributed by atoms with Gasteiger partial charge < -0.3 is 14.4 Å². The Hall–Kier alpha value is -3.30. The number of rotatable bonds is 9. The van der Waals surface area contributed by atoms with Crippen molar-refractivity contribution in [2.75, 3.05) is 53.0 Å². The van der Waals surface area contributed by atoms with Crippen LogP contribution < -0.4 is 4.74 Å². The first-order valence-electron chi connectivity index (χ1n) is 13.5. The second-order valence-electron chi connectivity index (χ2n) is 11.3. The summed E-state index contributed by atoms with van der Waals surface area (Å²) in [5.74, 6) is -0.00388. The predicted octanol–water partition coefficient (Wildman–Crippen LogP) is 4.11. The number of benzene rings is 2. The van der Waals surface area contributed by atoms with Crippen LogP contribution in [0, 0.1) is 11.2 Å². The summed E-state index contributed by atoms with van der Waals surface area (Å²) in [5, 5.41) is 6.19.